The van der Waals surface area contributed by atoms with Crippen molar-refractivity contribution in [1.29, 1.82) is 0 Å². The van der Waals surface area contributed by atoms with Crippen LogP contribution in [-0.2, 0) is 9.53 Å². The number of carbonyl (C=O) groups is 2. The van der Waals surface area contributed by atoms with Gasteiger partial charge in [0.25, 0.3) is 5.91 Å². The Morgan fingerprint density at radius 3 is 2.35 bits per heavy atom. The molecule has 1 aromatic carbocycles. The zero-order chi connectivity index (χ0) is 24.9. The second kappa shape index (κ2) is 10.8. The molecule has 1 saturated carbocycles. The Morgan fingerprint density at radius 2 is 1.82 bits per heavy atom. The molecule has 1 fully saturated rings. The van der Waals surface area contributed by atoms with Gasteiger partial charge in [-0.25, -0.2) is 0 Å². The maximum absolute atomic E-state index is 13.2. The van der Waals surface area contributed by atoms with Gasteiger partial charge < -0.3 is 19.5 Å². The van der Waals surface area contributed by atoms with Crippen LogP contribution in [0.15, 0.2) is 36.9 Å². The standard InChI is InChI=1S/C26H35N3O5/c1-7-17(15-23(30)34-26(2,3)4)27-25(31)19-16-20(29(28-19)18-11-8-9-12-18)24-21(32-5)13-10-14-22(24)33-6/h7,10,13-14,16-18H,1,8-9,11-12,15H2,2-6H3,(H,27,31)/t17-/m0/s1. The van der Waals surface area contributed by atoms with Gasteiger partial charge in [0.05, 0.1) is 44.0 Å². The molecule has 0 saturated heterocycles. The Kier molecular flexibility index (Phi) is 8.02. The van der Waals surface area contributed by atoms with Crippen LogP contribution in [0.1, 0.15) is 69.4 Å². The van der Waals surface area contributed by atoms with Gasteiger partial charge in [0.1, 0.15) is 17.1 Å². The van der Waals surface area contributed by atoms with Crippen molar-refractivity contribution >= 4 is 11.9 Å². The van der Waals surface area contributed by atoms with E-state index in [0.29, 0.717) is 11.5 Å². The third-order valence-corrected chi connectivity index (χ3v) is 5.73. The number of hydrogen-bond acceptors (Lipinski definition) is 6. The number of rotatable bonds is 9. The van der Waals surface area contributed by atoms with Gasteiger partial charge in [-0.3, -0.25) is 14.3 Å². The highest BCUT2D eigenvalue weighted by Crippen LogP contribution is 2.41. The maximum Gasteiger partial charge on any atom is 0.308 e. The summed E-state index contributed by atoms with van der Waals surface area (Å²) in [6, 6.07) is 6.93. The van der Waals surface area contributed by atoms with Crippen LogP contribution in [0.4, 0.5) is 0 Å². The quantitative estimate of drug-likeness (QED) is 0.423. The number of amides is 1. The monoisotopic (exact) mass is 469 g/mol. The van der Waals surface area contributed by atoms with Gasteiger partial charge in [-0.05, 0) is 51.8 Å². The van der Waals surface area contributed by atoms with Gasteiger partial charge >= 0.3 is 5.97 Å². The van der Waals surface area contributed by atoms with Crippen molar-refractivity contribution in [2.24, 2.45) is 0 Å². The molecule has 1 N–H and O–H groups in total. The molecule has 0 unspecified atom stereocenters. The molecular formula is C26H35N3O5. The maximum atomic E-state index is 13.2. The number of ether oxygens (including phenoxy) is 3. The lowest BCUT2D eigenvalue weighted by Crippen LogP contribution is -2.37. The Labute approximate surface area is 201 Å². The van der Waals surface area contributed by atoms with Gasteiger partial charge in [-0.1, -0.05) is 25.0 Å². The molecular weight excluding hydrogens is 434 g/mol. The number of nitrogens with one attached hydrogen (secondary N) is 1. The Bertz CT molecular complexity index is 1010. The van der Waals surface area contributed by atoms with E-state index in [2.05, 4.69) is 17.0 Å². The number of methoxy groups -OCH3 is 2. The minimum Gasteiger partial charge on any atom is -0.496 e. The van der Waals surface area contributed by atoms with Crippen molar-refractivity contribution in [2.75, 3.05) is 14.2 Å². The molecule has 0 bridgehead atoms. The third kappa shape index (κ3) is 5.98. The summed E-state index contributed by atoms with van der Waals surface area (Å²) in [5, 5.41) is 7.53. The largest absolute Gasteiger partial charge is 0.496 e. The number of carbonyl (C=O) groups excluding carboxylic acids is 2. The van der Waals surface area contributed by atoms with Gasteiger partial charge in [-0.15, -0.1) is 6.58 Å². The highest BCUT2D eigenvalue weighted by molar-refractivity contribution is 5.94. The highest BCUT2D eigenvalue weighted by atomic mass is 16.6. The van der Waals surface area contributed by atoms with Gasteiger partial charge in [0.2, 0.25) is 0 Å². The van der Waals surface area contributed by atoms with E-state index in [9.17, 15) is 9.59 Å². The van der Waals surface area contributed by atoms with Crippen LogP contribution in [0.25, 0.3) is 11.3 Å². The number of hydrogen-bond donors (Lipinski definition) is 1. The molecule has 1 aromatic heterocycles. The van der Waals surface area contributed by atoms with E-state index in [1.165, 1.54) is 6.08 Å². The Morgan fingerprint density at radius 1 is 1.21 bits per heavy atom. The van der Waals surface area contributed by atoms with Crippen LogP contribution in [0.3, 0.4) is 0 Å². The average Bonchev–Trinajstić information content (AvgIpc) is 3.46. The first-order valence-electron chi connectivity index (χ1n) is 11.6. The van der Waals surface area contributed by atoms with E-state index < -0.39 is 17.6 Å². The predicted molar refractivity (Wildman–Crippen MR) is 130 cm³/mol. The molecule has 1 aliphatic rings. The molecule has 8 nitrogen and oxygen atoms in total. The van der Waals surface area contributed by atoms with Crippen LogP contribution >= 0.6 is 0 Å². The third-order valence-electron chi connectivity index (χ3n) is 5.73. The molecule has 34 heavy (non-hydrogen) atoms. The van der Waals surface area contributed by atoms with Crippen LogP contribution < -0.4 is 14.8 Å². The lowest BCUT2D eigenvalue weighted by atomic mass is 10.1. The minimum absolute atomic E-state index is 0.0109. The molecule has 0 aliphatic heterocycles. The number of esters is 1. The summed E-state index contributed by atoms with van der Waals surface area (Å²) in [7, 11) is 3.21. The van der Waals surface area contributed by atoms with Gasteiger partial charge in [0, 0.05) is 0 Å². The minimum atomic E-state index is -0.602. The SMILES string of the molecule is C=C[C@@H](CC(=O)OC(C)(C)C)NC(=O)c1cc(-c2c(OC)cccc2OC)n(C2CCCC2)n1. The Balaban J connectivity index is 1.92. The number of benzene rings is 1. The van der Waals surface area contributed by atoms with E-state index >= 15 is 0 Å². The molecule has 1 aliphatic carbocycles. The first-order valence-corrected chi connectivity index (χ1v) is 11.6. The molecule has 184 valence electrons. The topological polar surface area (TPSA) is 91.7 Å². The van der Waals surface area contributed by atoms with E-state index in [0.717, 1.165) is 36.9 Å². The van der Waals surface area contributed by atoms with E-state index in [4.69, 9.17) is 14.2 Å². The summed E-state index contributed by atoms with van der Waals surface area (Å²) in [4.78, 5) is 25.4. The summed E-state index contributed by atoms with van der Waals surface area (Å²) >= 11 is 0. The second-order valence-corrected chi connectivity index (χ2v) is 9.44. The van der Waals surface area contributed by atoms with Crippen molar-refractivity contribution in [3.8, 4) is 22.8 Å². The van der Waals surface area contributed by atoms with Gasteiger partial charge in [0.15, 0.2) is 5.69 Å². The molecule has 1 heterocycles. The normalized spacial score (nSPS) is 15.0. The second-order valence-electron chi connectivity index (χ2n) is 9.44. The molecule has 0 radical (unpaired) electrons. The van der Waals surface area contributed by atoms with Crippen LogP contribution in [0.5, 0.6) is 11.5 Å². The van der Waals surface area contributed by atoms with Crippen molar-refractivity contribution in [3.05, 3.63) is 42.6 Å². The molecule has 0 spiro atoms. The average molecular weight is 470 g/mol. The summed E-state index contributed by atoms with van der Waals surface area (Å²) in [5.74, 6) is 0.479. The van der Waals surface area contributed by atoms with Crippen LogP contribution in [0.2, 0.25) is 0 Å². The summed E-state index contributed by atoms with van der Waals surface area (Å²) in [5.41, 5.74) is 1.16. The first-order chi connectivity index (χ1) is 16.2. The highest BCUT2D eigenvalue weighted by Gasteiger charge is 2.28. The van der Waals surface area contributed by atoms with Crippen molar-refractivity contribution in [1.82, 2.24) is 15.1 Å². The smallest absolute Gasteiger partial charge is 0.308 e. The fraction of sp³-hybridized carbons (Fsp3) is 0.500. The summed E-state index contributed by atoms with van der Waals surface area (Å²) in [6.07, 6.45) is 5.72. The van der Waals surface area contributed by atoms with Gasteiger partial charge in [-0.2, -0.15) is 5.10 Å². The Hall–Kier alpha value is -3.29. The van der Waals surface area contributed by atoms with Crippen molar-refractivity contribution in [3.63, 3.8) is 0 Å². The lowest BCUT2D eigenvalue weighted by Gasteiger charge is -2.21. The number of nitrogens with zero attached hydrogens (tertiary/aromatic N) is 2. The first kappa shape index (κ1) is 25.3. The summed E-state index contributed by atoms with van der Waals surface area (Å²) in [6.45, 7) is 9.16. The fourth-order valence-corrected chi connectivity index (χ4v) is 4.22. The zero-order valence-electron chi connectivity index (χ0n) is 20.7. The van der Waals surface area contributed by atoms with Crippen LogP contribution in [0, 0.1) is 0 Å². The summed E-state index contributed by atoms with van der Waals surface area (Å²) < 4.78 is 18.5. The fourth-order valence-electron chi connectivity index (χ4n) is 4.22. The van der Waals surface area contributed by atoms with Crippen LogP contribution in [-0.4, -0.2) is 47.5 Å². The van der Waals surface area contributed by atoms with Crippen molar-refractivity contribution in [2.45, 2.75) is 70.6 Å². The zero-order valence-corrected chi connectivity index (χ0v) is 20.7. The molecule has 8 heteroatoms. The number of aromatic nitrogens is 2. The van der Waals surface area contributed by atoms with E-state index in [1.807, 2.05) is 22.9 Å². The molecule has 1 atom stereocenters. The molecule has 3 rings (SSSR count). The molecule has 2 aromatic rings. The predicted octanol–water partition coefficient (Wildman–Crippen LogP) is 4.70. The lowest BCUT2D eigenvalue weighted by molar-refractivity contribution is -0.155. The van der Waals surface area contributed by atoms with E-state index in [1.54, 1.807) is 41.1 Å². The van der Waals surface area contributed by atoms with E-state index in [-0.39, 0.29) is 24.1 Å². The van der Waals surface area contributed by atoms with Crippen molar-refractivity contribution < 1.29 is 23.8 Å². The molecule has 1 amide bonds.